The summed E-state index contributed by atoms with van der Waals surface area (Å²) in [6.07, 6.45) is 0.425. The normalized spacial score (nSPS) is 11.8. The molecule has 134 valence electrons. The number of carbonyl (C=O) groups excluding carboxylic acids is 1. The Morgan fingerprint density at radius 1 is 1.15 bits per heavy atom. The molecular weight excluding hydrogens is 360 g/mol. The first kappa shape index (κ1) is 17.8. The Labute approximate surface area is 153 Å². The Morgan fingerprint density at radius 2 is 1.92 bits per heavy atom. The first-order valence-corrected chi connectivity index (χ1v) is 8.10. The van der Waals surface area contributed by atoms with Crippen LogP contribution in [0.4, 0.5) is 0 Å². The standard InChI is InChI=1S/C19H15ClO6/c1-11(19(22)23-2)25-12-7-8-13-16(9-12)24-10-17(18(13)21)26-15-6-4-3-5-14(15)20/h3-11H,1-2H3/t11-/m1/s1. The van der Waals surface area contributed by atoms with Crippen molar-refractivity contribution in [3.05, 3.63) is 64.0 Å². The summed E-state index contributed by atoms with van der Waals surface area (Å²) in [5, 5.41) is 0.695. The van der Waals surface area contributed by atoms with Gasteiger partial charge in [-0.3, -0.25) is 4.79 Å². The first-order chi connectivity index (χ1) is 12.5. The second-order valence-electron chi connectivity index (χ2n) is 5.40. The van der Waals surface area contributed by atoms with E-state index in [9.17, 15) is 9.59 Å². The van der Waals surface area contributed by atoms with Crippen LogP contribution in [0.15, 0.2) is 57.9 Å². The van der Waals surface area contributed by atoms with Gasteiger partial charge in [-0.05, 0) is 31.2 Å². The fourth-order valence-corrected chi connectivity index (χ4v) is 2.47. The Bertz CT molecular complexity index is 1010. The molecule has 3 rings (SSSR count). The molecule has 1 atom stereocenters. The van der Waals surface area contributed by atoms with Crippen LogP contribution in [-0.2, 0) is 9.53 Å². The first-order valence-electron chi connectivity index (χ1n) is 7.72. The number of fused-ring (bicyclic) bond motifs is 1. The monoisotopic (exact) mass is 374 g/mol. The molecule has 6 nitrogen and oxygen atoms in total. The summed E-state index contributed by atoms with van der Waals surface area (Å²) < 4.78 is 21.1. The van der Waals surface area contributed by atoms with Gasteiger partial charge in [-0.2, -0.15) is 0 Å². The number of halogens is 1. The van der Waals surface area contributed by atoms with Gasteiger partial charge in [-0.15, -0.1) is 0 Å². The molecule has 1 aromatic heterocycles. The summed E-state index contributed by atoms with van der Waals surface area (Å²) in [5.41, 5.74) is -0.0465. The number of ether oxygens (including phenoxy) is 3. The highest BCUT2D eigenvalue weighted by atomic mass is 35.5. The number of para-hydroxylation sites is 1. The predicted molar refractivity (Wildman–Crippen MR) is 96.1 cm³/mol. The number of hydrogen-bond acceptors (Lipinski definition) is 6. The van der Waals surface area contributed by atoms with Crippen molar-refractivity contribution in [2.75, 3.05) is 7.11 Å². The Morgan fingerprint density at radius 3 is 2.65 bits per heavy atom. The van der Waals surface area contributed by atoms with Crippen LogP contribution >= 0.6 is 11.6 Å². The zero-order chi connectivity index (χ0) is 18.7. The van der Waals surface area contributed by atoms with Gasteiger partial charge < -0.3 is 18.6 Å². The van der Waals surface area contributed by atoms with Crippen molar-refractivity contribution in [3.8, 4) is 17.2 Å². The average Bonchev–Trinajstić information content (AvgIpc) is 2.65. The molecule has 0 spiro atoms. The van der Waals surface area contributed by atoms with E-state index in [-0.39, 0.29) is 11.2 Å². The van der Waals surface area contributed by atoms with Crippen LogP contribution in [0.5, 0.6) is 17.2 Å². The molecule has 0 amide bonds. The van der Waals surface area contributed by atoms with Crippen LogP contribution in [0.2, 0.25) is 5.02 Å². The number of benzene rings is 2. The molecule has 0 N–H and O–H groups in total. The third kappa shape index (κ3) is 3.65. The highest BCUT2D eigenvalue weighted by Crippen LogP contribution is 2.29. The van der Waals surface area contributed by atoms with E-state index in [1.54, 1.807) is 43.3 Å². The fourth-order valence-electron chi connectivity index (χ4n) is 2.30. The highest BCUT2D eigenvalue weighted by molar-refractivity contribution is 6.32. The van der Waals surface area contributed by atoms with Crippen LogP contribution in [0, 0.1) is 0 Å². The largest absolute Gasteiger partial charge is 0.479 e. The zero-order valence-corrected chi connectivity index (χ0v) is 14.8. The molecular formula is C19H15ClO6. The van der Waals surface area contributed by atoms with E-state index in [1.165, 1.54) is 19.4 Å². The molecule has 0 bridgehead atoms. The summed E-state index contributed by atoms with van der Waals surface area (Å²) in [6.45, 7) is 1.56. The second-order valence-corrected chi connectivity index (χ2v) is 5.81. The molecule has 26 heavy (non-hydrogen) atoms. The second kappa shape index (κ2) is 7.49. The molecule has 0 unspecified atom stereocenters. The minimum Gasteiger partial charge on any atom is -0.479 e. The molecule has 7 heteroatoms. The van der Waals surface area contributed by atoms with E-state index in [1.807, 2.05) is 0 Å². The van der Waals surface area contributed by atoms with Crippen molar-refractivity contribution in [3.63, 3.8) is 0 Å². The molecule has 3 aromatic rings. The lowest BCUT2D eigenvalue weighted by Gasteiger charge is -2.12. The lowest BCUT2D eigenvalue weighted by Crippen LogP contribution is -2.24. The van der Waals surface area contributed by atoms with Gasteiger partial charge in [0.25, 0.3) is 0 Å². The fraction of sp³-hybridized carbons (Fsp3) is 0.158. The molecule has 0 radical (unpaired) electrons. The molecule has 0 aliphatic rings. The minimum absolute atomic E-state index is 0.0159. The summed E-state index contributed by atoms with van der Waals surface area (Å²) in [5.74, 6) is 0.239. The number of esters is 1. The van der Waals surface area contributed by atoms with E-state index in [4.69, 9.17) is 25.5 Å². The Kier molecular flexibility index (Phi) is 5.14. The summed E-state index contributed by atoms with van der Waals surface area (Å²) in [7, 11) is 1.28. The van der Waals surface area contributed by atoms with E-state index >= 15 is 0 Å². The molecule has 2 aromatic carbocycles. The summed E-state index contributed by atoms with van der Waals surface area (Å²) in [4.78, 5) is 24.0. The number of hydrogen-bond donors (Lipinski definition) is 0. The minimum atomic E-state index is -0.785. The van der Waals surface area contributed by atoms with Gasteiger partial charge in [-0.25, -0.2) is 4.79 Å². The van der Waals surface area contributed by atoms with Crippen LogP contribution in [0.1, 0.15) is 6.92 Å². The van der Waals surface area contributed by atoms with Crippen molar-refractivity contribution in [1.82, 2.24) is 0 Å². The summed E-state index contributed by atoms with van der Waals surface area (Å²) >= 11 is 6.04. The van der Waals surface area contributed by atoms with Crippen molar-refractivity contribution >= 4 is 28.5 Å². The average molecular weight is 375 g/mol. The highest BCUT2D eigenvalue weighted by Gasteiger charge is 2.16. The van der Waals surface area contributed by atoms with Crippen molar-refractivity contribution in [2.24, 2.45) is 0 Å². The molecule has 0 saturated heterocycles. The van der Waals surface area contributed by atoms with Crippen molar-refractivity contribution < 1.29 is 23.4 Å². The van der Waals surface area contributed by atoms with Crippen molar-refractivity contribution in [1.29, 1.82) is 0 Å². The third-order valence-corrected chi connectivity index (χ3v) is 3.93. The van der Waals surface area contributed by atoms with Gasteiger partial charge in [0.1, 0.15) is 23.3 Å². The van der Waals surface area contributed by atoms with E-state index in [0.717, 1.165) is 0 Å². The lowest BCUT2D eigenvalue weighted by molar-refractivity contribution is -0.147. The molecule has 0 aliphatic carbocycles. The van der Waals surface area contributed by atoms with Gasteiger partial charge in [0.15, 0.2) is 6.10 Å². The number of rotatable bonds is 5. The van der Waals surface area contributed by atoms with Gasteiger partial charge in [0.2, 0.25) is 11.2 Å². The van der Waals surface area contributed by atoms with Crippen LogP contribution in [0.25, 0.3) is 11.0 Å². The van der Waals surface area contributed by atoms with Crippen molar-refractivity contribution in [2.45, 2.75) is 13.0 Å². The van der Waals surface area contributed by atoms with E-state index in [2.05, 4.69) is 4.74 Å². The topological polar surface area (TPSA) is 75.0 Å². The SMILES string of the molecule is COC(=O)[C@@H](C)Oc1ccc2c(=O)c(Oc3ccccc3Cl)coc2c1. The quantitative estimate of drug-likeness (QED) is 0.624. The summed E-state index contributed by atoms with van der Waals surface area (Å²) in [6, 6.07) is 11.4. The van der Waals surface area contributed by atoms with Crippen LogP contribution < -0.4 is 14.9 Å². The Hall–Kier alpha value is -2.99. The molecule has 0 saturated carbocycles. The van der Waals surface area contributed by atoms with Gasteiger partial charge >= 0.3 is 5.97 Å². The van der Waals surface area contributed by atoms with Gasteiger partial charge in [0.05, 0.1) is 17.5 Å². The number of methoxy groups -OCH3 is 1. The van der Waals surface area contributed by atoms with E-state index in [0.29, 0.717) is 27.5 Å². The Balaban J connectivity index is 1.90. The van der Waals surface area contributed by atoms with E-state index < -0.39 is 12.1 Å². The van der Waals surface area contributed by atoms with Gasteiger partial charge in [0, 0.05) is 6.07 Å². The zero-order valence-electron chi connectivity index (χ0n) is 14.0. The number of carbonyl (C=O) groups is 1. The molecule has 1 heterocycles. The molecule has 0 aliphatic heterocycles. The molecule has 0 fully saturated rings. The lowest BCUT2D eigenvalue weighted by atomic mass is 10.2. The van der Waals surface area contributed by atoms with Gasteiger partial charge in [-0.1, -0.05) is 23.7 Å². The van der Waals surface area contributed by atoms with Crippen LogP contribution in [-0.4, -0.2) is 19.2 Å². The maximum Gasteiger partial charge on any atom is 0.346 e. The third-order valence-electron chi connectivity index (χ3n) is 3.62. The predicted octanol–water partition coefficient (Wildman–Crippen LogP) is 4.18. The van der Waals surface area contributed by atoms with Crippen LogP contribution in [0.3, 0.4) is 0 Å². The maximum atomic E-state index is 12.6. The maximum absolute atomic E-state index is 12.6. The smallest absolute Gasteiger partial charge is 0.346 e.